The van der Waals surface area contributed by atoms with Crippen molar-refractivity contribution in [2.24, 2.45) is 5.92 Å². The van der Waals surface area contributed by atoms with Gasteiger partial charge in [-0.3, -0.25) is 4.98 Å². The van der Waals surface area contributed by atoms with Crippen molar-refractivity contribution >= 4 is 0 Å². The molecule has 1 fully saturated rings. The average molecular weight is 179 g/mol. The summed E-state index contributed by atoms with van der Waals surface area (Å²) in [6.45, 7) is 0. The molecule has 0 spiro atoms. The minimum atomic E-state index is -0.844. The Kier molecular flexibility index (Phi) is 2.57. The van der Waals surface area contributed by atoms with Gasteiger partial charge in [0.25, 0.3) is 0 Å². The van der Waals surface area contributed by atoms with Crippen LogP contribution in [0.1, 0.15) is 37.5 Å². The van der Waals surface area contributed by atoms with E-state index in [1.807, 2.05) is 12.1 Å². The molecule has 1 heterocycles. The second-order valence-electron chi connectivity index (χ2n) is 3.70. The Morgan fingerprint density at radius 2 is 2.08 bits per heavy atom. The fourth-order valence-electron chi connectivity index (χ4n) is 2.03. The lowest BCUT2D eigenvalue weighted by Crippen LogP contribution is -2.05. The van der Waals surface area contributed by atoms with E-state index in [1.165, 1.54) is 12.8 Å². The van der Waals surface area contributed by atoms with E-state index in [9.17, 15) is 4.39 Å². The summed E-state index contributed by atoms with van der Waals surface area (Å²) in [5.74, 6) is 0.217. The van der Waals surface area contributed by atoms with Gasteiger partial charge in [-0.2, -0.15) is 0 Å². The summed E-state index contributed by atoms with van der Waals surface area (Å²) in [6, 6.07) is 5.46. The molecule has 1 aromatic rings. The maximum atomic E-state index is 13.8. The third kappa shape index (κ3) is 1.87. The normalized spacial score (nSPS) is 20.4. The molecule has 0 radical (unpaired) electrons. The quantitative estimate of drug-likeness (QED) is 0.679. The second kappa shape index (κ2) is 3.86. The molecule has 1 aliphatic carbocycles. The lowest BCUT2D eigenvalue weighted by molar-refractivity contribution is 0.229. The third-order valence-electron chi connectivity index (χ3n) is 2.78. The van der Waals surface area contributed by atoms with Crippen LogP contribution >= 0.6 is 0 Å². The van der Waals surface area contributed by atoms with Crippen molar-refractivity contribution in [2.75, 3.05) is 0 Å². The van der Waals surface area contributed by atoms with E-state index in [0.717, 1.165) is 12.8 Å². The zero-order valence-corrected chi connectivity index (χ0v) is 7.62. The van der Waals surface area contributed by atoms with Gasteiger partial charge in [0.05, 0.1) is 5.69 Å². The third-order valence-corrected chi connectivity index (χ3v) is 2.78. The fourth-order valence-corrected chi connectivity index (χ4v) is 2.03. The molecule has 1 atom stereocenters. The van der Waals surface area contributed by atoms with Crippen LogP contribution in [0, 0.1) is 5.92 Å². The van der Waals surface area contributed by atoms with Crippen LogP contribution in [0.15, 0.2) is 24.4 Å². The molecule has 1 aliphatic rings. The predicted octanol–water partition coefficient (Wildman–Crippen LogP) is 3.28. The number of rotatable bonds is 2. The Hall–Kier alpha value is -0.920. The van der Waals surface area contributed by atoms with E-state index in [1.54, 1.807) is 12.3 Å². The number of hydrogen-bond donors (Lipinski definition) is 0. The van der Waals surface area contributed by atoms with Crippen LogP contribution in [0.3, 0.4) is 0 Å². The van der Waals surface area contributed by atoms with Gasteiger partial charge in [0.15, 0.2) is 0 Å². The van der Waals surface area contributed by atoms with Crippen LogP contribution in [0.2, 0.25) is 0 Å². The van der Waals surface area contributed by atoms with Crippen LogP contribution in [-0.2, 0) is 0 Å². The lowest BCUT2D eigenvalue weighted by Gasteiger charge is -2.13. The van der Waals surface area contributed by atoms with E-state index in [0.29, 0.717) is 5.69 Å². The standard InChI is InChI=1S/C11H14FN/c12-11(9-5-1-2-6-9)10-7-3-4-8-13-10/h3-4,7-9,11H,1-2,5-6H2/t11-/m1/s1. The number of hydrogen-bond acceptors (Lipinski definition) is 1. The summed E-state index contributed by atoms with van der Waals surface area (Å²) in [7, 11) is 0. The molecule has 2 heteroatoms. The summed E-state index contributed by atoms with van der Waals surface area (Å²) >= 11 is 0. The second-order valence-corrected chi connectivity index (χ2v) is 3.70. The van der Waals surface area contributed by atoms with E-state index >= 15 is 0 Å². The summed E-state index contributed by atoms with van der Waals surface area (Å²) in [5.41, 5.74) is 0.606. The van der Waals surface area contributed by atoms with Crippen LogP contribution in [-0.4, -0.2) is 4.98 Å². The summed E-state index contributed by atoms with van der Waals surface area (Å²) in [6.07, 6.45) is 5.23. The first-order valence-corrected chi connectivity index (χ1v) is 4.93. The van der Waals surface area contributed by atoms with E-state index in [2.05, 4.69) is 4.98 Å². The van der Waals surface area contributed by atoms with Crippen molar-refractivity contribution in [1.29, 1.82) is 0 Å². The van der Waals surface area contributed by atoms with Crippen molar-refractivity contribution in [3.8, 4) is 0 Å². The number of nitrogens with zero attached hydrogens (tertiary/aromatic N) is 1. The molecule has 0 bridgehead atoms. The maximum absolute atomic E-state index is 13.8. The molecule has 1 nitrogen and oxygen atoms in total. The monoisotopic (exact) mass is 179 g/mol. The minimum absolute atomic E-state index is 0.217. The zero-order chi connectivity index (χ0) is 9.10. The van der Waals surface area contributed by atoms with Crippen molar-refractivity contribution in [1.82, 2.24) is 4.98 Å². The zero-order valence-electron chi connectivity index (χ0n) is 7.62. The average Bonchev–Trinajstić information content (AvgIpc) is 2.71. The van der Waals surface area contributed by atoms with Gasteiger partial charge in [-0.1, -0.05) is 18.9 Å². The summed E-state index contributed by atoms with van der Waals surface area (Å²) in [5, 5.41) is 0. The Bertz CT molecular complexity index is 254. The molecule has 70 valence electrons. The Balaban J connectivity index is 2.08. The van der Waals surface area contributed by atoms with Crippen LogP contribution in [0.25, 0.3) is 0 Å². The van der Waals surface area contributed by atoms with Gasteiger partial charge in [-0.05, 0) is 30.9 Å². The van der Waals surface area contributed by atoms with E-state index in [4.69, 9.17) is 0 Å². The highest BCUT2D eigenvalue weighted by Gasteiger charge is 2.26. The molecule has 0 aliphatic heterocycles. The first-order valence-electron chi connectivity index (χ1n) is 4.93. The summed E-state index contributed by atoms with van der Waals surface area (Å²) < 4.78 is 13.8. The van der Waals surface area contributed by atoms with Crippen LogP contribution < -0.4 is 0 Å². The van der Waals surface area contributed by atoms with E-state index < -0.39 is 6.17 Å². The number of alkyl halides is 1. The first kappa shape index (κ1) is 8.67. The van der Waals surface area contributed by atoms with Gasteiger partial charge in [0, 0.05) is 6.20 Å². The topological polar surface area (TPSA) is 12.9 Å². The van der Waals surface area contributed by atoms with Gasteiger partial charge in [-0.25, -0.2) is 4.39 Å². The molecular weight excluding hydrogens is 165 g/mol. The van der Waals surface area contributed by atoms with Crippen molar-refractivity contribution < 1.29 is 4.39 Å². The van der Waals surface area contributed by atoms with Gasteiger partial charge in [0.1, 0.15) is 6.17 Å². The molecule has 0 N–H and O–H groups in total. The molecule has 13 heavy (non-hydrogen) atoms. The van der Waals surface area contributed by atoms with Gasteiger partial charge >= 0.3 is 0 Å². The Morgan fingerprint density at radius 3 is 2.69 bits per heavy atom. The highest BCUT2D eigenvalue weighted by molar-refractivity contribution is 5.08. The largest absolute Gasteiger partial charge is 0.258 e. The Labute approximate surface area is 78.0 Å². The number of halogens is 1. The molecule has 1 saturated carbocycles. The molecule has 0 saturated heterocycles. The number of aromatic nitrogens is 1. The summed E-state index contributed by atoms with van der Waals surface area (Å²) in [4.78, 5) is 4.05. The molecule has 0 amide bonds. The van der Waals surface area contributed by atoms with Crippen molar-refractivity contribution in [3.05, 3.63) is 30.1 Å². The number of pyridine rings is 1. The highest BCUT2D eigenvalue weighted by Crippen LogP contribution is 2.37. The minimum Gasteiger partial charge on any atom is -0.258 e. The van der Waals surface area contributed by atoms with Gasteiger partial charge in [-0.15, -0.1) is 0 Å². The van der Waals surface area contributed by atoms with E-state index in [-0.39, 0.29) is 5.92 Å². The van der Waals surface area contributed by atoms with Crippen molar-refractivity contribution in [3.63, 3.8) is 0 Å². The van der Waals surface area contributed by atoms with Crippen LogP contribution in [0.4, 0.5) is 4.39 Å². The molecule has 0 unspecified atom stereocenters. The molecule has 0 aromatic carbocycles. The van der Waals surface area contributed by atoms with Crippen molar-refractivity contribution in [2.45, 2.75) is 31.9 Å². The smallest absolute Gasteiger partial charge is 0.145 e. The molecular formula is C11H14FN. The SMILES string of the molecule is F[C@@H](c1ccccn1)C1CCCC1. The van der Waals surface area contributed by atoms with Gasteiger partial charge < -0.3 is 0 Å². The van der Waals surface area contributed by atoms with Crippen LogP contribution in [0.5, 0.6) is 0 Å². The predicted molar refractivity (Wildman–Crippen MR) is 50.0 cm³/mol. The molecule has 2 rings (SSSR count). The highest BCUT2D eigenvalue weighted by atomic mass is 19.1. The Morgan fingerprint density at radius 1 is 1.31 bits per heavy atom. The maximum Gasteiger partial charge on any atom is 0.145 e. The lowest BCUT2D eigenvalue weighted by atomic mass is 9.99. The first-order chi connectivity index (χ1) is 6.38. The fraction of sp³-hybridized carbons (Fsp3) is 0.545. The molecule has 1 aromatic heterocycles. The van der Waals surface area contributed by atoms with Gasteiger partial charge in [0.2, 0.25) is 0 Å².